The fraction of sp³-hybridized carbons (Fsp3) is 0.857. The quantitative estimate of drug-likeness (QED) is 0.808. The van der Waals surface area contributed by atoms with Gasteiger partial charge in [0.05, 0.1) is 12.6 Å². The van der Waals surface area contributed by atoms with E-state index in [4.69, 9.17) is 9.47 Å². The summed E-state index contributed by atoms with van der Waals surface area (Å²) in [4.78, 5) is 24.7. The second kappa shape index (κ2) is 6.07. The number of hydrogen-bond acceptors (Lipinski definition) is 4. The van der Waals surface area contributed by atoms with Gasteiger partial charge in [-0.1, -0.05) is 0 Å². The Balaban J connectivity index is 2.53. The summed E-state index contributed by atoms with van der Waals surface area (Å²) in [6.45, 7) is 10.4. The molecule has 2 amide bonds. The molecular weight excluding hydrogens is 279 g/mol. The van der Waals surface area contributed by atoms with Crippen LogP contribution in [0.5, 0.6) is 0 Å². The zero-order valence-corrected chi connectivity index (χ0v) is 13.5. The van der Waals surface area contributed by atoms with Gasteiger partial charge in [-0.3, -0.25) is 0 Å². The predicted molar refractivity (Wildman–Crippen MR) is 75.9 cm³/mol. The maximum absolute atomic E-state index is 13.9. The van der Waals surface area contributed by atoms with E-state index in [1.165, 1.54) is 4.90 Å². The van der Waals surface area contributed by atoms with Crippen LogP contribution in [-0.2, 0) is 9.47 Å². The molecule has 1 rings (SSSR count). The number of alkyl carbamates (subject to hydrolysis) is 1. The first kappa shape index (κ1) is 17.5. The van der Waals surface area contributed by atoms with Crippen molar-refractivity contribution in [1.29, 1.82) is 0 Å². The molecular formula is C14H25FN2O4. The van der Waals surface area contributed by atoms with E-state index in [0.29, 0.717) is 0 Å². The van der Waals surface area contributed by atoms with Gasteiger partial charge in [-0.25, -0.2) is 14.0 Å². The summed E-state index contributed by atoms with van der Waals surface area (Å²) in [7, 11) is 0. The molecule has 122 valence electrons. The lowest BCUT2D eigenvalue weighted by atomic mass is 10.2. The molecule has 0 aromatic heterocycles. The Bertz CT molecular complexity index is 401. The van der Waals surface area contributed by atoms with E-state index in [1.54, 1.807) is 41.5 Å². The first-order chi connectivity index (χ1) is 9.37. The van der Waals surface area contributed by atoms with Gasteiger partial charge in [0, 0.05) is 6.54 Å². The fourth-order valence-electron chi connectivity index (χ4n) is 1.83. The van der Waals surface area contributed by atoms with E-state index in [-0.39, 0.29) is 13.1 Å². The number of amides is 2. The summed E-state index contributed by atoms with van der Waals surface area (Å²) in [5, 5.41) is 2.45. The normalized spacial score (nSPS) is 22.9. The molecule has 21 heavy (non-hydrogen) atoms. The van der Waals surface area contributed by atoms with Crippen LogP contribution in [0.1, 0.15) is 41.5 Å². The van der Waals surface area contributed by atoms with Crippen molar-refractivity contribution in [3.05, 3.63) is 0 Å². The van der Waals surface area contributed by atoms with Crippen LogP contribution in [-0.4, -0.2) is 53.6 Å². The summed E-state index contributed by atoms with van der Waals surface area (Å²) in [5.41, 5.74) is -1.29. The minimum absolute atomic E-state index is 0.0648. The molecule has 0 saturated carbocycles. The number of rotatable bonds is 1. The number of alkyl halides is 1. The van der Waals surface area contributed by atoms with Crippen molar-refractivity contribution in [2.75, 3.05) is 13.1 Å². The van der Waals surface area contributed by atoms with Crippen molar-refractivity contribution >= 4 is 12.2 Å². The number of nitrogens with zero attached hydrogens (tertiary/aromatic N) is 1. The first-order valence-electron chi connectivity index (χ1n) is 6.99. The second-order valence-corrected chi connectivity index (χ2v) is 7.15. The van der Waals surface area contributed by atoms with E-state index in [2.05, 4.69) is 5.32 Å². The molecule has 1 fully saturated rings. The highest BCUT2D eigenvalue weighted by atomic mass is 19.1. The van der Waals surface area contributed by atoms with Crippen molar-refractivity contribution in [1.82, 2.24) is 10.2 Å². The van der Waals surface area contributed by atoms with Gasteiger partial charge < -0.3 is 19.7 Å². The molecule has 0 aliphatic carbocycles. The number of carbonyl (C=O) groups is 2. The van der Waals surface area contributed by atoms with Crippen LogP contribution in [0.4, 0.5) is 14.0 Å². The molecule has 1 aliphatic heterocycles. The second-order valence-electron chi connectivity index (χ2n) is 7.15. The number of ether oxygens (including phenoxy) is 2. The standard InChI is InChI=1S/C14H25FN2O4/c1-13(2,3)20-11(18)16-10-8-17(7-9(10)15)12(19)21-14(4,5)6/h9-10H,7-8H2,1-6H3,(H,16,18)/t9-,10+/m0/s1. The molecule has 2 atom stereocenters. The number of hydrogen-bond donors (Lipinski definition) is 1. The third-order valence-corrected chi connectivity index (χ3v) is 2.60. The molecule has 1 heterocycles. The van der Waals surface area contributed by atoms with Gasteiger partial charge in [-0.05, 0) is 41.5 Å². The lowest BCUT2D eigenvalue weighted by molar-refractivity contribution is 0.0277. The molecule has 7 heteroatoms. The van der Waals surface area contributed by atoms with E-state index in [1.807, 2.05) is 0 Å². The summed E-state index contributed by atoms with van der Waals surface area (Å²) in [6, 6.07) is -0.785. The Morgan fingerprint density at radius 2 is 1.57 bits per heavy atom. The molecule has 1 N–H and O–H groups in total. The smallest absolute Gasteiger partial charge is 0.410 e. The van der Waals surface area contributed by atoms with Gasteiger partial charge in [-0.15, -0.1) is 0 Å². The maximum atomic E-state index is 13.9. The van der Waals surface area contributed by atoms with Crippen LogP contribution in [0.2, 0.25) is 0 Å². The van der Waals surface area contributed by atoms with Crippen LogP contribution >= 0.6 is 0 Å². The fourth-order valence-corrected chi connectivity index (χ4v) is 1.83. The Morgan fingerprint density at radius 3 is 2.05 bits per heavy atom. The minimum Gasteiger partial charge on any atom is -0.444 e. The Kier molecular flexibility index (Phi) is 5.07. The van der Waals surface area contributed by atoms with Gasteiger partial charge in [0.1, 0.15) is 17.4 Å². The Morgan fingerprint density at radius 1 is 1.05 bits per heavy atom. The van der Waals surface area contributed by atoms with Crippen LogP contribution in [0, 0.1) is 0 Å². The van der Waals surface area contributed by atoms with E-state index < -0.39 is 35.6 Å². The number of carbonyl (C=O) groups excluding carboxylic acids is 2. The van der Waals surface area contributed by atoms with Crippen molar-refractivity contribution in [2.24, 2.45) is 0 Å². The van der Waals surface area contributed by atoms with Gasteiger partial charge in [0.2, 0.25) is 0 Å². The molecule has 1 saturated heterocycles. The predicted octanol–water partition coefficient (Wildman–Crippen LogP) is 2.47. The molecule has 0 radical (unpaired) electrons. The van der Waals surface area contributed by atoms with E-state index >= 15 is 0 Å². The number of nitrogens with one attached hydrogen (secondary N) is 1. The van der Waals surface area contributed by atoms with Crippen LogP contribution in [0.15, 0.2) is 0 Å². The Hall–Kier alpha value is -1.53. The van der Waals surface area contributed by atoms with Crippen LogP contribution < -0.4 is 5.32 Å². The average Bonchev–Trinajstić information content (AvgIpc) is 2.54. The van der Waals surface area contributed by atoms with Gasteiger partial charge in [0.25, 0.3) is 0 Å². The zero-order valence-electron chi connectivity index (χ0n) is 13.5. The van der Waals surface area contributed by atoms with E-state index in [9.17, 15) is 14.0 Å². The summed E-state index contributed by atoms with van der Waals surface area (Å²) >= 11 is 0. The summed E-state index contributed by atoms with van der Waals surface area (Å²) in [6.07, 6.45) is -2.62. The monoisotopic (exact) mass is 304 g/mol. The minimum atomic E-state index is -1.34. The van der Waals surface area contributed by atoms with Crippen molar-refractivity contribution in [3.8, 4) is 0 Å². The third-order valence-electron chi connectivity index (χ3n) is 2.60. The lowest BCUT2D eigenvalue weighted by Crippen LogP contribution is -2.44. The highest BCUT2D eigenvalue weighted by Gasteiger charge is 2.38. The lowest BCUT2D eigenvalue weighted by Gasteiger charge is -2.24. The van der Waals surface area contributed by atoms with E-state index in [0.717, 1.165) is 0 Å². The van der Waals surface area contributed by atoms with Gasteiger partial charge >= 0.3 is 12.2 Å². The molecule has 0 unspecified atom stereocenters. The molecule has 6 nitrogen and oxygen atoms in total. The molecule has 0 bridgehead atoms. The summed E-state index contributed by atoms with van der Waals surface area (Å²) < 4.78 is 24.2. The van der Waals surface area contributed by atoms with Crippen molar-refractivity contribution in [2.45, 2.75) is 65.0 Å². The average molecular weight is 304 g/mol. The zero-order chi connectivity index (χ0) is 16.4. The molecule has 0 aromatic rings. The van der Waals surface area contributed by atoms with Crippen molar-refractivity contribution < 1.29 is 23.5 Å². The molecule has 1 aliphatic rings. The first-order valence-corrected chi connectivity index (χ1v) is 6.99. The van der Waals surface area contributed by atoms with Crippen LogP contribution in [0.25, 0.3) is 0 Å². The Labute approximate surface area is 125 Å². The highest BCUT2D eigenvalue weighted by Crippen LogP contribution is 2.18. The molecule has 0 aromatic carbocycles. The van der Waals surface area contributed by atoms with Gasteiger partial charge in [-0.2, -0.15) is 0 Å². The topological polar surface area (TPSA) is 67.9 Å². The van der Waals surface area contributed by atoms with Crippen molar-refractivity contribution in [3.63, 3.8) is 0 Å². The maximum Gasteiger partial charge on any atom is 0.410 e. The molecule has 0 spiro atoms. The SMILES string of the molecule is CC(C)(C)OC(=O)N[C@@H]1CN(C(=O)OC(C)(C)C)C[C@@H]1F. The largest absolute Gasteiger partial charge is 0.444 e. The summed E-state index contributed by atoms with van der Waals surface area (Å²) in [5.74, 6) is 0. The number of halogens is 1. The van der Waals surface area contributed by atoms with Crippen LogP contribution in [0.3, 0.4) is 0 Å². The van der Waals surface area contributed by atoms with Gasteiger partial charge in [0.15, 0.2) is 0 Å². The third kappa shape index (κ3) is 6.18. The number of likely N-dealkylation sites (tertiary alicyclic amines) is 1. The highest BCUT2D eigenvalue weighted by molar-refractivity contribution is 5.70.